The van der Waals surface area contributed by atoms with Crippen LogP contribution in [0.25, 0.3) is 0 Å². The van der Waals surface area contributed by atoms with Crippen LogP contribution in [0.3, 0.4) is 0 Å². The number of likely N-dealkylation sites (tertiary alicyclic amines) is 1. The van der Waals surface area contributed by atoms with Crippen molar-refractivity contribution in [1.82, 2.24) is 4.90 Å². The molecule has 5 heteroatoms. The summed E-state index contributed by atoms with van der Waals surface area (Å²) in [6, 6.07) is 16.6. The summed E-state index contributed by atoms with van der Waals surface area (Å²) in [5.74, 6) is -0.139. The van der Waals surface area contributed by atoms with E-state index in [1.54, 1.807) is 0 Å². The van der Waals surface area contributed by atoms with Gasteiger partial charge in [0.2, 0.25) is 0 Å². The second kappa shape index (κ2) is 9.54. The smallest absolute Gasteiger partial charge is 0.323 e. The van der Waals surface area contributed by atoms with Gasteiger partial charge in [-0.05, 0) is 52.1 Å². The first-order valence-electron chi connectivity index (χ1n) is 10.6. The Labute approximate surface area is 179 Å². The molecule has 1 fully saturated rings. The molecule has 0 unspecified atom stereocenters. The van der Waals surface area contributed by atoms with Crippen LogP contribution in [-0.2, 0) is 16.0 Å². The number of nitrogens with zero attached hydrogens (tertiary/aromatic N) is 1. The van der Waals surface area contributed by atoms with Gasteiger partial charge in [-0.15, -0.1) is 0 Å². The molecule has 2 N–H and O–H groups in total. The van der Waals surface area contributed by atoms with E-state index in [9.17, 15) is 9.59 Å². The van der Waals surface area contributed by atoms with E-state index in [4.69, 9.17) is 10.5 Å². The number of rotatable bonds is 7. The van der Waals surface area contributed by atoms with Crippen molar-refractivity contribution >= 4 is 11.8 Å². The van der Waals surface area contributed by atoms with Crippen molar-refractivity contribution in [2.75, 3.05) is 13.1 Å². The molecular formula is C25H32N2O3. The minimum atomic E-state index is -0.480. The first kappa shape index (κ1) is 22.2. The number of carbonyl (C=O) groups is 2. The zero-order valence-corrected chi connectivity index (χ0v) is 18.1. The largest absolute Gasteiger partial charge is 0.459 e. The minimum Gasteiger partial charge on any atom is -0.459 e. The zero-order chi connectivity index (χ0) is 21.7. The molecule has 1 saturated heterocycles. The van der Waals surface area contributed by atoms with Gasteiger partial charge < -0.3 is 10.5 Å². The number of nitrogens with two attached hydrogens (primary N) is 1. The highest BCUT2D eigenvalue weighted by Crippen LogP contribution is 2.22. The fraction of sp³-hybridized carbons (Fsp3) is 0.440. The lowest BCUT2D eigenvalue weighted by molar-refractivity contribution is -0.160. The number of benzene rings is 2. The molecule has 5 nitrogen and oxygen atoms in total. The highest BCUT2D eigenvalue weighted by Gasteiger charge is 2.34. The van der Waals surface area contributed by atoms with Crippen molar-refractivity contribution in [3.05, 3.63) is 71.3 Å². The van der Waals surface area contributed by atoms with Crippen molar-refractivity contribution in [2.45, 2.75) is 57.7 Å². The van der Waals surface area contributed by atoms with Gasteiger partial charge in [0.05, 0.1) is 0 Å². The zero-order valence-electron chi connectivity index (χ0n) is 18.1. The normalized spacial score (nSPS) is 18.2. The van der Waals surface area contributed by atoms with Gasteiger partial charge in [0.15, 0.2) is 5.78 Å². The molecule has 3 rings (SSSR count). The molecule has 0 aliphatic carbocycles. The molecule has 0 spiro atoms. The summed E-state index contributed by atoms with van der Waals surface area (Å²) < 4.78 is 5.57. The standard InChI is InChI=1S/C25H32N2O3/c1-25(2,3)30-24(29)22-10-7-15-27(22)17-21(26)16-18-11-13-20(14-12-18)23(28)19-8-5-4-6-9-19/h4-6,8-9,11-14,21-22H,7,10,15-17,26H2,1-3H3/t21-,22-/m0/s1. The molecular weight excluding hydrogens is 376 g/mol. The molecule has 2 aromatic rings. The van der Waals surface area contributed by atoms with E-state index < -0.39 is 5.60 Å². The Morgan fingerprint density at radius 1 is 1.07 bits per heavy atom. The maximum absolute atomic E-state index is 12.5. The number of ketones is 1. The predicted octanol–water partition coefficient (Wildman–Crippen LogP) is 3.59. The third-order valence-electron chi connectivity index (χ3n) is 5.26. The first-order valence-corrected chi connectivity index (χ1v) is 10.6. The summed E-state index contributed by atoms with van der Waals surface area (Å²) in [4.78, 5) is 27.2. The Kier molecular flexibility index (Phi) is 7.06. The molecule has 2 atom stereocenters. The van der Waals surface area contributed by atoms with Crippen LogP contribution in [0, 0.1) is 0 Å². The molecule has 0 amide bonds. The molecule has 1 aliphatic rings. The van der Waals surface area contributed by atoms with E-state index in [1.165, 1.54) is 0 Å². The average molecular weight is 409 g/mol. The molecule has 0 aromatic heterocycles. The van der Waals surface area contributed by atoms with Gasteiger partial charge >= 0.3 is 5.97 Å². The Morgan fingerprint density at radius 3 is 2.33 bits per heavy atom. The van der Waals surface area contributed by atoms with Crippen molar-refractivity contribution in [1.29, 1.82) is 0 Å². The van der Waals surface area contributed by atoms with Crippen LogP contribution in [0.1, 0.15) is 55.1 Å². The number of carbonyl (C=O) groups excluding carboxylic acids is 2. The maximum atomic E-state index is 12.5. The first-order chi connectivity index (χ1) is 14.2. The molecule has 160 valence electrons. The van der Waals surface area contributed by atoms with Crippen LogP contribution in [0.5, 0.6) is 0 Å². The van der Waals surface area contributed by atoms with E-state index in [2.05, 4.69) is 4.90 Å². The lowest BCUT2D eigenvalue weighted by Crippen LogP contribution is -2.46. The summed E-state index contributed by atoms with van der Waals surface area (Å²) in [5, 5.41) is 0. The molecule has 0 radical (unpaired) electrons. The van der Waals surface area contributed by atoms with Crippen molar-refractivity contribution in [3.63, 3.8) is 0 Å². The molecule has 2 aromatic carbocycles. The third-order valence-corrected chi connectivity index (χ3v) is 5.26. The lowest BCUT2D eigenvalue weighted by Gasteiger charge is -2.29. The van der Waals surface area contributed by atoms with Crippen LogP contribution in [0.4, 0.5) is 0 Å². The van der Waals surface area contributed by atoms with Gasteiger partial charge in [0, 0.05) is 23.7 Å². The Morgan fingerprint density at radius 2 is 1.70 bits per heavy atom. The second-order valence-corrected chi connectivity index (χ2v) is 9.04. The Bertz CT molecular complexity index is 856. The summed E-state index contributed by atoms with van der Waals surface area (Å²) in [6.45, 7) is 7.18. The van der Waals surface area contributed by atoms with Gasteiger partial charge in [-0.3, -0.25) is 14.5 Å². The minimum absolute atomic E-state index is 0.0173. The van der Waals surface area contributed by atoms with Gasteiger partial charge in [-0.25, -0.2) is 0 Å². The van der Waals surface area contributed by atoms with Crippen molar-refractivity contribution < 1.29 is 14.3 Å². The SMILES string of the molecule is CC(C)(C)OC(=O)[C@@H]1CCCN1C[C@@H](N)Cc1ccc(C(=O)c2ccccc2)cc1. The molecule has 0 bridgehead atoms. The van der Waals surface area contributed by atoms with Gasteiger partial charge in [0.25, 0.3) is 0 Å². The van der Waals surface area contributed by atoms with Gasteiger partial charge in [-0.1, -0.05) is 54.6 Å². The summed E-state index contributed by atoms with van der Waals surface area (Å²) in [5.41, 5.74) is 8.36. The average Bonchev–Trinajstić information content (AvgIpc) is 3.15. The number of hydrogen-bond donors (Lipinski definition) is 1. The van der Waals surface area contributed by atoms with Crippen LogP contribution < -0.4 is 5.73 Å². The van der Waals surface area contributed by atoms with Crippen LogP contribution >= 0.6 is 0 Å². The fourth-order valence-corrected chi connectivity index (χ4v) is 3.90. The number of hydrogen-bond acceptors (Lipinski definition) is 5. The van der Waals surface area contributed by atoms with Crippen molar-refractivity contribution in [2.24, 2.45) is 5.73 Å². The number of esters is 1. The van der Waals surface area contributed by atoms with E-state index in [-0.39, 0.29) is 23.8 Å². The summed E-state index contributed by atoms with van der Waals surface area (Å²) in [6.07, 6.45) is 2.49. The van der Waals surface area contributed by atoms with Crippen LogP contribution in [0.2, 0.25) is 0 Å². The van der Waals surface area contributed by atoms with E-state index in [1.807, 2.05) is 75.4 Å². The molecule has 1 aliphatic heterocycles. The molecule has 0 saturated carbocycles. The Hall–Kier alpha value is -2.50. The van der Waals surface area contributed by atoms with Crippen LogP contribution in [-0.4, -0.2) is 47.4 Å². The van der Waals surface area contributed by atoms with E-state index in [0.717, 1.165) is 24.9 Å². The molecule has 1 heterocycles. The van der Waals surface area contributed by atoms with Gasteiger partial charge in [0.1, 0.15) is 11.6 Å². The van der Waals surface area contributed by atoms with Gasteiger partial charge in [-0.2, -0.15) is 0 Å². The third kappa shape index (κ3) is 6.00. The van der Waals surface area contributed by atoms with Crippen molar-refractivity contribution in [3.8, 4) is 0 Å². The fourth-order valence-electron chi connectivity index (χ4n) is 3.90. The predicted molar refractivity (Wildman–Crippen MR) is 118 cm³/mol. The quantitative estimate of drug-likeness (QED) is 0.560. The number of ether oxygens (including phenoxy) is 1. The highest BCUT2D eigenvalue weighted by molar-refractivity contribution is 6.08. The van der Waals surface area contributed by atoms with E-state index in [0.29, 0.717) is 24.1 Å². The Balaban J connectivity index is 1.56. The second-order valence-electron chi connectivity index (χ2n) is 9.04. The monoisotopic (exact) mass is 408 g/mol. The highest BCUT2D eigenvalue weighted by atomic mass is 16.6. The summed E-state index contributed by atoms with van der Waals surface area (Å²) >= 11 is 0. The van der Waals surface area contributed by atoms with E-state index >= 15 is 0 Å². The maximum Gasteiger partial charge on any atom is 0.323 e. The topological polar surface area (TPSA) is 72.6 Å². The molecule has 30 heavy (non-hydrogen) atoms. The lowest BCUT2D eigenvalue weighted by atomic mass is 9.99. The van der Waals surface area contributed by atoms with Crippen LogP contribution in [0.15, 0.2) is 54.6 Å². The summed E-state index contributed by atoms with van der Waals surface area (Å²) in [7, 11) is 0.